The second kappa shape index (κ2) is 6.44. The molecule has 0 aromatic rings. The van der Waals surface area contributed by atoms with E-state index in [-0.39, 0.29) is 18.1 Å². The Hall–Kier alpha value is -0.610. The molecule has 0 aliphatic carbocycles. The van der Waals surface area contributed by atoms with E-state index in [4.69, 9.17) is 0 Å². The van der Waals surface area contributed by atoms with Crippen LogP contribution in [0.1, 0.15) is 47.0 Å². The van der Waals surface area contributed by atoms with E-state index in [1.54, 1.807) is 6.92 Å². The average Bonchev–Trinajstić information content (AvgIpc) is 2.95. The normalized spacial score (nSPS) is 35.8. The highest BCUT2D eigenvalue weighted by Gasteiger charge is 2.38. The van der Waals surface area contributed by atoms with Gasteiger partial charge in [-0.15, -0.1) is 0 Å². The molecular formula is C16H30N2O2. The highest BCUT2D eigenvalue weighted by Crippen LogP contribution is 2.33. The maximum absolute atomic E-state index is 11.8. The molecule has 5 unspecified atom stereocenters. The molecule has 0 bridgehead atoms. The van der Waals surface area contributed by atoms with Gasteiger partial charge in [-0.1, -0.05) is 20.8 Å². The van der Waals surface area contributed by atoms with Crippen molar-refractivity contribution in [2.45, 2.75) is 65.1 Å². The summed E-state index contributed by atoms with van der Waals surface area (Å²) in [5.41, 5.74) is 0. The maximum Gasteiger partial charge on any atom is 0.219 e. The summed E-state index contributed by atoms with van der Waals surface area (Å²) < 4.78 is 0. The monoisotopic (exact) mass is 282 g/mol. The summed E-state index contributed by atoms with van der Waals surface area (Å²) in [5, 5.41) is 13.4. The van der Waals surface area contributed by atoms with E-state index in [9.17, 15) is 9.90 Å². The van der Waals surface area contributed by atoms with Crippen LogP contribution in [0.5, 0.6) is 0 Å². The zero-order chi connectivity index (χ0) is 14.9. The molecule has 1 amide bonds. The molecule has 0 aromatic heterocycles. The van der Waals surface area contributed by atoms with Crippen LogP contribution in [0.15, 0.2) is 0 Å². The van der Waals surface area contributed by atoms with Gasteiger partial charge in [0.05, 0.1) is 6.10 Å². The fourth-order valence-corrected chi connectivity index (χ4v) is 4.09. The van der Waals surface area contributed by atoms with Crippen LogP contribution < -0.4 is 5.32 Å². The molecule has 4 heteroatoms. The molecule has 2 fully saturated rings. The Morgan fingerprint density at radius 3 is 2.55 bits per heavy atom. The molecule has 2 saturated heterocycles. The van der Waals surface area contributed by atoms with Crippen LogP contribution in [0.3, 0.4) is 0 Å². The number of aliphatic hydroxyl groups excluding tert-OH is 1. The Kier molecular flexibility index (Phi) is 5.08. The quantitative estimate of drug-likeness (QED) is 0.824. The van der Waals surface area contributed by atoms with E-state index in [1.165, 1.54) is 0 Å². The molecule has 0 aromatic carbocycles. The molecule has 4 nitrogen and oxygen atoms in total. The summed E-state index contributed by atoms with van der Waals surface area (Å²) in [4.78, 5) is 13.8. The first-order chi connectivity index (χ1) is 9.40. The summed E-state index contributed by atoms with van der Waals surface area (Å²) in [6, 6.07) is 0.630. The molecule has 2 aliphatic rings. The minimum atomic E-state index is -0.198. The highest BCUT2D eigenvalue weighted by atomic mass is 16.3. The molecule has 0 saturated carbocycles. The number of amides is 1. The van der Waals surface area contributed by atoms with Gasteiger partial charge in [0.1, 0.15) is 0 Å². The number of likely N-dealkylation sites (tertiary alicyclic amines) is 1. The standard InChI is InChI=1S/C16H30N2O2/c1-10(2)14-8-13(9-18(14)12(4)19)7-11(3)16-15(20)5-6-17-16/h10-11,13-17,20H,5-9H2,1-4H3. The minimum absolute atomic E-state index is 0.198. The van der Waals surface area contributed by atoms with Crippen molar-refractivity contribution in [2.75, 3.05) is 13.1 Å². The number of aliphatic hydroxyl groups is 1. The van der Waals surface area contributed by atoms with E-state index in [0.29, 0.717) is 23.8 Å². The van der Waals surface area contributed by atoms with Gasteiger partial charge >= 0.3 is 0 Å². The van der Waals surface area contributed by atoms with Gasteiger partial charge in [-0.25, -0.2) is 0 Å². The van der Waals surface area contributed by atoms with Gasteiger partial charge in [-0.3, -0.25) is 4.79 Å². The second-order valence-electron chi connectivity index (χ2n) is 7.13. The fourth-order valence-electron chi connectivity index (χ4n) is 4.09. The van der Waals surface area contributed by atoms with E-state index >= 15 is 0 Å². The predicted molar refractivity (Wildman–Crippen MR) is 80.3 cm³/mol. The van der Waals surface area contributed by atoms with Crippen molar-refractivity contribution in [1.82, 2.24) is 10.2 Å². The number of carbonyl (C=O) groups excluding carboxylic acids is 1. The van der Waals surface area contributed by atoms with Crippen molar-refractivity contribution in [2.24, 2.45) is 17.8 Å². The fraction of sp³-hybridized carbons (Fsp3) is 0.938. The molecular weight excluding hydrogens is 252 g/mol. The summed E-state index contributed by atoms with van der Waals surface area (Å²) in [5.74, 6) is 1.78. The Bertz CT molecular complexity index is 345. The molecule has 0 radical (unpaired) electrons. The first kappa shape index (κ1) is 15.8. The molecule has 2 heterocycles. The lowest BCUT2D eigenvalue weighted by Gasteiger charge is -2.26. The van der Waals surface area contributed by atoms with Crippen molar-refractivity contribution < 1.29 is 9.90 Å². The SMILES string of the molecule is CC(=O)N1CC(CC(C)C2NCCC2O)CC1C(C)C. The largest absolute Gasteiger partial charge is 0.391 e. The van der Waals surface area contributed by atoms with E-state index in [1.807, 2.05) is 0 Å². The lowest BCUT2D eigenvalue weighted by molar-refractivity contribution is -0.130. The minimum Gasteiger partial charge on any atom is -0.391 e. The predicted octanol–water partition coefficient (Wildman–Crippen LogP) is 1.63. The Balaban J connectivity index is 1.92. The molecule has 116 valence electrons. The van der Waals surface area contributed by atoms with Crippen molar-refractivity contribution in [3.8, 4) is 0 Å². The average molecular weight is 282 g/mol. The van der Waals surface area contributed by atoms with Crippen LogP contribution in [0.2, 0.25) is 0 Å². The van der Waals surface area contributed by atoms with E-state index in [2.05, 4.69) is 31.0 Å². The van der Waals surface area contributed by atoms with Crippen LogP contribution in [0.4, 0.5) is 0 Å². The van der Waals surface area contributed by atoms with Gasteiger partial charge in [0, 0.05) is 25.6 Å². The molecule has 2 N–H and O–H groups in total. The molecule has 5 atom stereocenters. The van der Waals surface area contributed by atoms with E-state index < -0.39 is 0 Å². The lowest BCUT2D eigenvalue weighted by atomic mass is 9.86. The van der Waals surface area contributed by atoms with Crippen molar-refractivity contribution in [3.05, 3.63) is 0 Å². The third kappa shape index (κ3) is 3.34. The van der Waals surface area contributed by atoms with Crippen molar-refractivity contribution in [1.29, 1.82) is 0 Å². The highest BCUT2D eigenvalue weighted by molar-refractivity contribution is 5.74. The summed E-state index contributed by atoms with van der Waals surface area (Å²) in [7, 11) is 0. The number of nitrogens with zero attached hydrogens (tertiary/aromatic N) is 1. The molecule has 20 heavy (non-hydrogen) atoms. The van der Waals surface area contributed by atoms with Gasteiger partial charge in [-0.2, -0.15) is 0 Å². The Labute approximate surface area is 122 Å². The molecule has 2 rings (SSSR count). The number of nitrogens with one attached hydrogen (secondary N) is 1. The van der Waals surface area contributed by atoms with Crippen LogP contribution in [0.25, 0.3) is 0 Å². The Morgan fingerprint density at radius 1 is 1.40 bits per heavy atom. The number of hydrogen-bond acceptors (Lipinski definition) is 3. The maximum atomic E-state index is 11.8. The summed E-state index contributed by atoms with van der Waals surface area (Å²) >= 11 is 0. The summed E-state index contributed by atoms with van der Waals surface area (Å²) in [6.45, 7) is 10.1. The first-order valence-corrected chi connectivity index (χ1v) is 8.08. The van der Waals surface area contributed by atoms with Crippen LogP contribution >= 0.6 is 0 Å². The third-order valence-electron chi connectivity index (χ3n) is 5.16. The van der Waals surface area contributed by atoms with Gasteiger partial charge in [0.25, 0.3) is 0 Å². The topological polar surface area (TPSA) is 52.6 Å². The number of hydrogen-bond donors (Lipinski definition) is 2. The smallest absolute Gasteiger partial charge is 0.219 e. The zero-order valence-electron chi connectivity index (χ0n) is 13.3. The van der Waals surface area contributed by atoms with Crippen LogP contribution in [0, 0.1) is 17.8 Å². The van der Waals surface area contributed by atoms with Crippen molar-refractivity contribution >= 4 is 5.91 Å². The lowest BCUT2D eigenvalue weighted by Crippen LogP contribution is -2.38. The number of carbonyl (C=O) groups is 1. The van der Waals surface area contributed by atoms with Gasteiger partial charge < -0.3 is 15.3 Å². The zero-order valence-corrected chi connectivity index (χ0v) is 13.3. The molecule has 2 aliphatic heterocycles. The van der Waals surface area contributed by atoms with Gasteiger partial charge in [-0.05, 0) is 43.6 Å². The van der Waals surface area contributed by atoms with Gasteiger partial charge in [0.15, 0.2) is 0 Å². The van der Waals surface area contributed by atoms with Crippen LogP contribution in [-0.2, 0) is 4.79 Å². The summed E-state index contributed by atoms with van der Waals surface area (Å²) in [6.07, 6.45) is 2.89. The van der Waals surface area contributed by atoms with Crippen LogP contribution in [-0.4, -0.2) is 47.2 Å². The van der Waals surface area contributed by atoms with E-state index in [0.717, 1.165) is 32.4 Å². The number of rotatable bonds is 4. The third-order valence-corrected chi connectivity index (χ3v) is 5.16. The van der Waals surface area contributed by atoms with Crippen molar-refractivity contribution in [3.63, 3.8) is 0 Å². The Morgan fingerprint density at radius 2 is 2.10 bits per heavy atom. The molecule has 0 spiro atoms. The first-order valence-electron chi connectivity index (χ1n) is 8.08. The van der Waals surface area contributed by atoms with Gasteiger partial charge in [0.2, 0.25) is 5.91 Å². The second-order valence-corrected chi connectivity index (χ2v) is 7.13.